The topological polar surface area (TPSA) is 230 Å². The number of benzene rings is 2. The van der Waals surface area contributed by atoms with Gasteiger partial charge >= 0.3 is 18.2 Å². The van der Waals surface area contributed by atoms with Gasteiger partial charge in [-0.15, -0.1) is 11.3 Å². The normalized spacial score (nSPS) is 18.9. The monoisotopic (exact) mass is 898 g/mol. The zero-order valence-electron chi connectivity index (χ0n) is 36.7. The molecule has 19 nitrogen and oxygen atoms in total. The standard InChI is InChI=1S/C44H54N10O9S/c1-42(2,3)61-40(58)46-29-17-21-53(22-18-29)24-30-23-45-54(51-30)25-31-33(36(55)47-31)49-37(56)34(32-26-64-39(48-32)50-41(59)62-43(4,5)6)52-63-44(19-20-44)38(57)60-35(27-13-9-7-10-14-27)28-15-11-8-12-16-28/h7-16,23,26,29,31,33,35H,17-22,24-25H2,1-6H3,(H,46,58)(H,47,55)(H,49,56)(H,48,50,59)/t31-,33-/m0/s1. The second-order valence-electron chi connectivity index (χ2n) is 18.0. The zero-order valence-corrected chi connectivity index (χ0v) is 37.5. The van der Waals surface area contributed by atoms with Crippen LogP contribution in [0.15, 0.2) is 77.4 Å². The number of ether oxygens (including phenoxy) is 3. The van der Waals surface area contributed by atoms with E-state index in [0.717, 1.165) is 54.1 Å². The van der Waals surface area contributed by atoms with Crippen LogP contribution in [0.4, 0.5) is 14.7 Å². The van der Waals surface area contributed by atoms with E-state index in [1.165, 1.54) is 10.2 Å². The molecule has 7 rings (SSSR count). The highest BCUT2D eigenvalue weighted by Crippen LogP contribution is 2.43. The molecule has 2 aromatic carbocycles. The molecule has 1 aliphatic carbocycles. The lowest BCUT2D eigenvalue weighted by Gasteiger charge is -2.36. The number of aromatic nitrogens is 4. The molecular formula is C44H54N10O9S. The molecule has 3 fully saturated rings. The fraction of sp³-hybridized carbons (Fsp3) is 0.477. The van der Waals surface area contributed by atoms with E-state index in [4.69, 9.17) is 19.0 Å². The third kappa shape index (κ3) is 12.2. The van der Waals surface area contributed by atoms with Crippen molar-refractivity contribution in [2.75, 3.05) is 18.4 Å². The summed E-state index contributed by atoms with van der Waals surface area (Å²) in [6, 6.07) is 17.1. The van der Waals surface area contributed by atoms with E-state index in [-0.39, 0.29) is 42.0 Å². The van der Waals surface area contributed by atoms with Crippen LogP contribution in [-0.2, 0) is 46.5 Å². The maximum Gasteiger partial charge on any atom is 0.413 e. The predicted octanol–water partition coefficient (Wildman–Crippen LogP) is 4.84. The van der Waals surface area contributed by atoms with Crippen LogP contribution in [0, 0.1) is 0 Å². The Balaban J connectivity index is 1.01. The molecule has 1 saturated carbocycles. The lowest BCUT2D eigenvalue weighted by atomic mass is 9.98. The molecule has 0 spiro atoms. The molecule has 64 heavy (non-hydrogen) atoms. The van der Waals surface area contributed by atoms with Crippen molar-refractivity contribution in [3.63, 3.8) is 0 Å². The molecule has 2 aliphatic heterocycles. The first-order valence-electron chi connectivity index (χ1n) is 21.2. The van der Waals surface area contributed by atoms with E-state index in [1.807, 2.05) is 81.4 Å². The zero-order chi connectivity index (χ0) is 45.6. The van der Waals surface area contributed by atoms with Crippen molar-refractivity contribution in [3.05, 3.63) is 94.8 Å². The van der Waals surface area contributed by atoms with Gasteiger partial charge in [0.2, 0.25) is 11.5 Å². The number of carbonyl (C=O) groups excluding carboxylic acids is 5. The fourth-order valence-corrected chi connectivity index (χ4v) is 7.67. The summed E-state index contributed by atoms with van der Waals surface area (Å²) < 4.78 is 16.8. The number of rotatable bonds is 15. The minimum atomic E-state index is -1.48. The molecule has 2 saturated heterocycles. The minimum Gasteiger partial charge on any atom is -0.450 e. The van der Waals surface area contributed by atoms with E-state index in [9.17, 15) is 24.0 Å². The Kier molecular flexibility index (Phi) is 13.6. The number of hydrogen-bond acceptors (Lipinski definition) is 15. The van der Waals surface area contributed by atoms with Crippen molar-refractivity contribution < 1.29 is 43.0 Å². The van der Waals surface area contributed by atoms with Gasteiger partial charge in [-0.05, 0) is 65.5 Å². The summed E-state index contributed by atoms with van der Waals surface area (Å²) in [5.41, 5.74) is -0.893. The van der Waals surface area contributed by atoms with Crippen molar-refractivity contribution in [2.45, 2.75) is 121 Å². The van der Waals surface area contributed by atoms with Crippen LogP contribution in [0.1, 0.15) is 95.8 Å². The molecular weight excluding hydrogens is 845 g/mol. The van der Waals surface area contributed by atoms with Gasteiger partial charge in [0.15, 0.2) is 16.9 Å². The first-order chi connectivity index (χ1) is 30.4. The maximum atomic E-state index is 14.1. The highest BCUT2D eigenvalue weighted by molar-refractivity contribution is 7.14. The number of oxime groups is 1. The summed E-state index contributed by atoms with van der Waals surface area (Å²) in [4.78, 5) is 79.6. The van der Waals surface area contributed by atoms with Crippen LogP contribution in [-0.4, -0.2) is 109 Å². The molecule has 4 heterocycles. The Morgan fingerprint density at radius 2 is 1.53 bits per heavy atom. The van der Waals surface area contributed by atoms with Crippen molar-refractivity contribution in [2.24, 2.45) is 5.16 Å². The lowest BCUT2D eigenvalue weighted by Crippen LogP contribution is -2.70. The number of hydrogen-bond donors (Lipinski definition) is 4. The molecule has 3 aliphatic rings. The largest absolute Gasteiger partial charge is 0.450 e. The first-order valence-corrected chi connectivity index (χ1v) is 22.1. The number of nitrogens with one attached hydrogen (secondary N) is 4. The minimum absolute atomic E-state index is 0.0171. The number of amides is 4. The number of carbonyl (C=O) groups is 5. The summed E-state index contributed by atoms with van der Waals surface area (Å²) in [5.74, 6) is -1.91. The van der Waals surface area contributed by atoms with Gasteiger partial charge in [0.05, 0.1) is 24.5 Å². The summed E-state index contributed by atoms with van der Waals surface area (Å²) >= 11 is 1.01. The number of esters is 1. The van der Waals surface area contributed by atoms with Gasteiger partial charge in [-0.3, -0.25) is 19.8 Å². The Morgan fingerprint density at radius 3 is 2.12 bits per heavy atom. The maximum absolute atomic E-state index is 14.1. The van der Waals surface area contributed by atoms with Crippen LogP contribution in [0.3, 0.4) is 0 Å². The molecule has 2 atom stereocenters. The van der Waals surface area contributed by atoms with Gasteiger partial charge in [-0.1, -0.05) is 65.8 Å². The van der Waals surface area contributed by atoms with Crippen LogP contribution in [0.2, 0.25) is 0 Å². The lowest BCUT2D eigenvalue weighted by molar-refractivity contribution is -0.164. The number of alkyl carbamates (subject to hydrolysis) is 1. The van der Waals surface area contributed by atoms with Crippen LogP contribution < -0.4 is 21.3 Å². The van der Waals surface area contributed by atoms with E-state index < -0.39 is 65.0 Å². The number of piperidine rings is 1. The van der Waals surface area contributed by atoms with E-state index in [2.05, 4.69) is 46.5 Å². The SMILES string of the molecule is CC(C)(C)OC(=O)Nc1nc(C(=NOC2(C(=O)OC(c3ccccc3)c3ccccc3)CC2)C(=O)N[C@@H]2C(=O)N[C@H]2Cn2ncc(CN3CCC(NC(=O)OC(C)(C)C)CC3)n2)cs1. The Bertz CT molecular complexity index is 2290. The molecule has 0 unspecified atom stereocenters. The van der Waals surface area contributed by atoms with Gasteiger partial charge in [0, 0.05) is 43.9 Å². The quantitative estimate of drug-likeness (QED) is 0.0412. The van der Waals surface area contributed by atoms with Crippen molar-refractivity contribution in [3.8, 4) is 0 Å². The molecule has 340 valence electrons. The molecule has 0 bridgehead atoms. The second kappa shape index (κ2) is 19.1. The average Bonchev–Trinajstić information content (AvgIpc) is 3.68. The third-order valence-corrected chi connectivity index (χ3v) is 11.1. The highest BCUT2D eigenvalue weighted by atomic mass is 32.1. The van der Waals surface area contributed by atoms with E-state index >= 15 is 0 Å². The Morgan fingerprint density at radius 1 is 0.906 bits per heavy atom. The van der Waals surface area contributed by atoms with Crippen molar-refractivity contribution in [1.82, 2.24) is 40.8 Å². The number of β-lactam (4-membered cyclic amide) rings is 1. The first kappa shape index (κ1) is 45.6. The van der Waals surface area contributed by atoms with E-state index in [1.54, 1.807) is 27.0 Å². The highest BCUT2D eigenvalue weighted by Gasteiger charge is 2.56. The van der Waals surface area contributed by atoms with Gasteiger partial charge in [0.25, 0.3) is 5.91 Å². The van der Waals surface area contributed by atoms with Crippen LogP contribution in [0.25, 0.3) is 0 Å². The molecule has 0 radical (unpaired) electrons. The van der Waals surface area contributed by atoms with Crippen molar-refractivity contribution in [1.29, 1.82) is 0 Å². The smallest absolute Gasteiger partial charge is 0.413 e. The molecule has 4 N–H and O–H groups in total. The number of likely N-dealkylation sites (tertiary alicyclic amines) is 1. The second-order valence-corrected chi connectivity index (χ2v) is 18.8. The summed E-state index contributed by atoms with van der Waals surface area (Å²) in [6.45, 7) is 12.8. The third-order valence-electron chi connectivity index (χ3n) is 10.3. The average molecular weight is 899 g/mol. The number of anilines is 1. The molecule has 4 aromatic rings. The summed E-state index contributed by atoms with van der Waals surface area (Å²) in [7, 11) is 0. The predicted molar refractivity (Wildman–Crippen MR) is 234 cm³/mol. The molecule has 2 aromatic heterocycles. The van der Waals surface area contributed by atoms with Crippen LogP contribution in [0.5, 0.6) is 0 Å². The van der Waals surface area contributed by atoms with E-state index in [0.29, 0.717) is 6.54 Å². The Labute approximate surface area is 374 Å². The fourth-order valence-electron chi connectivity index (χ4n) is 6.99. The van der Waals surface area contributed by atoms with Gasteiger partial charge in [0.1, 0.15) is 22.9 Å². The number of nitrogens with zero attached hydrogens (tertiary/aromatic N) is 6. The number of thiazole rings is 1. The van der Waals surface area contributed by atoms with Crippen molar-refractivity contribution >= 4 is 52.2 Å². The van der Waals surface area contributed by atoms with Gasteiger partial charge in [-0.25, -0.2) is 19.4 Å². The summed E-state index contributed by atoms with van der Waals surface area (Å²) in [6.07, 6.45) is 1.83. The van der Waals surface area contributed by atoms with Gasteiger partial charge < -0.3 is 35.0 Å². The Hall–Kier alpha value is -6.41. The molecule has 20 heteroatoms. The molecule has 4 amide bonds. The summed E-state index contributed by atoms with van der Waals surface area (Å²) in [5, 5.41) is 25.9. The van der Waals surface area contributed by atoms with Crippen LogP contribution >= 0.6 is 11.3 Å². The van der Waals surface area contributed by atoms with Gasteiger partial charge in [-0.2, -0.15) is 15.0 Å².